The second kappa shape index (κ2) is 8.17. The Hall–Kier alpha value is -2.99. The van der Waals surface area contributed by atoms with Gasteiger partial charge in [-0.05, 0) is 69.6 Å². The van der Waals surface area contributed by atoms with Crippen LogP contribution in [0.5, 0.6) is 0 Å². The molecule has 0 bridgehead atoms. The second-order valence-corrected chi connectivity index (χ2v) is 7.88. The van der Waals surface area contributed by atoms with E-state index in [0.29, 0.717) is 11.3 Å². The summed E-state index contributed by atoms with van der Waals surface area (Å²) >= 11 is 0. The molecular weight excluding hydrogens is 364 g/mol. The molecule has 0 spiro atoms. The highest BCUT2D eigenvalue weighted by atomic mass is 16.2. The quantitative estimate of drug-likeness (QED) is 0.647. The van der Waals surface area contributed by atoms with Crippen molar-refractivity contribution >= 4 is 28.4 Å². The van der Waals surface area contributed by atoms with E-state index in [1.54, 1.807) is 18.2 Å². The maximum atomic E-state index is 12.6. The molecule has 1 aliphatic heterocycles. The number of aryl methyl sites for hydroxylation is 1. The van der Waals surface area contributed by atoms with Gasteiger partial charge in [0, 0.05) is 17.2 Å². The summed E-state index contributed by atoms with van der Waals surface area (Å²) in [6.45, 7) is 6.10. The van der Waals surface area contributed by atoms with Gasteiger partial charge in [-0.15, -0.1) is 0 Å². The highest BCUT2D eigenvalue weighted by Crippen LogP contribution is 2.22. The number of Topliss-reactive ketones (excluding diaryl/α,β-unsaturated/α-hetero) is 1. The summed E-state index contributed by atoms with van der Waals surface area (Å²) in [5.74, 6) is 0.986. The van der Waals surface area contributed by atoms with Gasteiger partial charge in [0.05, 0.1) is 17.6 Å². The van der Waals surface area contributed by atoms with Gasteiger partial charge < -0.3 is 10.3 Å². The predicted octanol–water partition coefficient (Wildman–Crippen LogP) is 3.92. The fraction of sp³-hybridized carbons (Fsp3) is 0.348. The van der Waals surface area contributed by atoms with E-state index in [9.17, 15) is 9.59 Å². The number of hydrogen-bond donors (Lipinski definition) is 2. The van der Waals surface area contributed by atoms with Crippen molar-refractivity contribution in [3.8, 4) is 0 Å². The lowest BCUT2D eigenvalue weighted by Crippen LogP contribution is -2.38. The molecule has 2 N–H and O–H groups in total. The molecule has 0 aliphatic carbocycles. The minimum absolute atomic E-state index is 0.00449. The van der Waals surface area contributed by atoms with Crippen LogP contribution < -0.4 is 5.32 Å². The van der Waals surface area contributed by atoms with Gasteiger partial charge in [-0.25, -0.2) is 4.98 Å². The van der Waals surface area contributed by atoms with E-state index >= 15 is 0 Å². The second-order valence-electron chi connectivity index (χ2n) is 7.88. The number of nitrogens with one attached hydrogen (secondary N) is 2. The summed E-state index contributed by atoms with van der Waals surface area (Å²) in [5.41, 5.74) is 4.57. The van der Waals surface area contributed by atoms with Crippen LogP contribution in [-0.4, -0.2) is 39.6 Å². The first kappa shape index (κ1) is 19.3. The molecule has 1 amide bonds. The predicted molar refractivity (Wildman–Crippen MR) is 114 cm³/mol. The summed E-state index contributed by atoms with van der Waals surface area (Å²) in [7, 11) is 0. The first-order valence-corrected chi connectivity index (χ1v) is 10.1. The molecule has 2 heterocycles. The number of piperidine rings is 1. The number of rotatable bonds is 5. The van der Waals surface area contributed by atoms with Crippen molar-refractivity contribution in [3.05, 3.63) is 59.4 Å². The Labute approximate surface area is 170 Å². The van der Waals surface area contributed by atoms with E-state index in [4.69, 9.17) is 0 Å². The van der Waals surface area contributed by atoms with E-state index < -0.39 is 0 Å². The number of hydrogen-bond acceptors (Lipinski definition) is 4. The number of fused-ring (bicyclic) bond motifs is 1. The van der Waals surface area contributed by atoms with Crippen LogP contribution in [0.15, 0.2) is 42.5 Å². The Morgan fingerprint density at radius 3 is 2.72 bits per heavy atom. The molecule has 6 heteroatoms. The van der Waals surface area contributed by atoms with Crippen LogP contribution in [0.3, 0.4) is 0 Å². The Morgan fingerprint density at radius 1 is 1.17 bits per heavy atom. The summed E-state index contributed by atoms with van der Waals surface area (Å²) in [6, 6.07) is 13.3. The van der Waals surface area contributed by atoms with E-state index in [0.717, 1.165) is 49.3 Å². The number of ketones is 1. The number of aromatic amines is 1. The van der Waals surface area contributed by atoms with Crippen LogP contribution in [0, 0.1) is 12.8 Å². The topological polar surface area (TPSA) is 78.1 Å². The van der Waals surface area contributed by atoms with Gasteiger partial charge in [0.25, 0.3) is 0 Å². The van der Waals surface area contributed by atoms with Crippen molar-refractivity contribution in [2.24, 2.45) is 5.92 Å². The molecule has 29 heavy (non-hydrogen) atoms. The third kappa shape index (κ3) is 4.54. The minimum Gasteiger partial charge on any atom is -0.341 e. The number of likely N-dealkylation sites (tertiary alicyclic amines) is 1. The average molecular weight is 390 g/mol. The first-order chi connectivity index (χ1) is 14.0. The molecule has 0 saturated carbocycles. The molecule has 1 saturated heterocycles. The monoisotopic (exact) mass is 390 g/mol. The maximum Gasteiger partial charge on any atom is 0.227 e. The number of carbonyl (C=O) groups is 2. The lowest BCUT2D eigenvalue weighted by atomic mass is 9.95. The maximum absolute atomic E-state index is 12.6. The largest absolute Gasteiger partial charge is 0.341 e. The van der Waals surface area contributed by atoms with Gasteiger partial charge in [0.15, 0.2) is 5.78 Å². The number of carbonyl (C=O) groups excluding carboxylic acids is 2. The Morgan fingerprint density at radius 2 is 1.97 bits per heavy atom. The van der Waals surface area contributed by atoms with Gasteiger partial charge in [-0.2, -0.15) is 0 Å². The van der Waals surface area contributed by atoms with Gasteiger partial charge in [0.1, 0.15) is 5.82 Å². The van der Waals surface area contributed by atoms with Crippen molar-refractivity contribution in [2.45, 2.75) is 33.2 Å². The number of benzene rings is 2. The molecule has 1 fully saturated rings. The van der Waals surface area contributed by atoms with E-state index in [1.807, 2.05) is 12.1 Å². The van der Waals surface area contributed by atoms with E-state index in [-0.39, 0.29) is 17.6 Å². The molecule has 2 aromatic carbocycles. The summed E-state index contributed by atoms with van der Waals surface area (Å²) in [5, 5.41) is 2.97. The Bertz CT molecular complexity index is 1050. The van der Waals surface area contributed by atoms with Crippen molar-refractivity contribution < 1.29 is 9.59 Å². The molecule has 0 unspecified atom stereocenters. The van der Waals surface area contributed by atoms with E-state index in [2.05, 4.69) is 39.2 Å². The first-order valence-electron chi connectivity index (χ1n) is 10.1. The number of amides is 1. The van der Waals surface area contributed by atoms with Gasteiger partial charge in [0.2, 0.25) is 5.91 Å². The average Bonchev–Trinajstić information content (AvgIpc) is 3.10. The van der Waals surface area contributed by atoms with Crippen molar-refractivity contribution in [2.75, 3.05) is 18.4 Å². The fourth-order valence-electron chi connectivity index (χ4n) is 3.88. The zero-order chi connectivity index (χ0) is 20.4. The van der Waals surface area contributed by atoms with Crippen LogP contribution in [0.25, 0.3) is 11.0 Å². The van der Waals surface area contributed by atoms with Crippen LogP contribution in [0.4, 0.5) is 5.69 Å². The Balaban J connectivity index is 1.32. The third-order valence-corrected chi connectivity index (χ3v) is 5.55. The van der Waals surface area contributed by atoms with E-state index in [1.165, 1.54) is 12.5 Å². The molecule has 3 aromatic rings. The normalized spacial score (nSPS) is 15.5. The number of aromatic nitrogens is 2. The molecule has 6 nitrogen and oxygen atoms in total. The molecular formula is C23H26N4O2. The zero-order valence-electron chi connectivity index (χ0n) is 16.9. The molecule has 1 aromatic heterocycles. The SMILES string of the molecule is CC(=O)c1cccc(NC(=O)C2CCN(Cc3nc4ccc(C)cc4[nH]3)CC2)c1. The van der Waals surface area contributed by atoms with Gasteiger partial charge >= 0.3 is 0 Å². The smallest absolute Gasteiger partial charge is 0.227 e. The number of nitrogens with zero attached hydrogens (tertiary/aromatic N) is 2. The lowest BCUT2D eigenvalue weighted by molar-refractivity contribution is -0.121. The fourth-order valence-corrected chi connectivity index (χ4v) is 3.88. The molecule has 0 radical (unpaired) electrons. The number of imidazole rings is 1. The summed E-state index contributed by atoms with van der Waals surface area (Å²) in [6.07, 6.45) is 1.63. The van der Waals surface area contributed by atoms with Crippen molar-refractivity contribution in [1.29, 1.82) is 0 Å². The molecule has 1 aliphatic rings. The van der Waals surface area contributed by atoms with Gasteiger partial charge in [-0.3, -0.25) is 14.5 Å². The Kier molecular flexibility index (Phi) is 5.45. The third-order valence-electron chi connectivity index (χ3n) is 5.55. The van der Waals surface area contributed by atoms with Crippen LogP contribution in [0.1, 0.15) is 41.5 Å². The van der Waals surface area contributed by atoms with Crippen molar-refractivity contribution in [1.82, 2.24) is 14.9 Å². The highest BCUT2D eigenvalue weighted by Gasteiger charge is 2.25. The van der Waals surface area contributed by atoms with Crippen LogP contribution in [-0.2, 0) is 11.3 Å². The minimum atomic E-state index is -0.00874. The zero-order valence-corrected chi connectivity index (χ0v) is 16.9. The summed E-state index contributed by atoms with van der Waals surface area (Å²) in [4.78, 5) is 34.6. The standard InChI is InChI=1S/C23H26N4O2/c1-15-6-7-20-21(12-15)26-22(25-20)14-27-10-8-17(9-11-27)23(29)24-19-5-3-4-18(13-19)16(2)28/h3-7,12-13,17H,8-11,14H2,1-2H3,(H,24,29)(H,25,26). The lowest BCUT2D eigenvalue weighted by Gasteiger charge is -2.30. The van der Waals surface area contributed by atoms with Crippen molar-refractivity contribution in [3.63, 3.8) is 0 Å². The molecule has 4 rings (SSSR count). The number of H-pyrrole nitrogens is 1. The van der Waals surface area contributed by atoms with Gasteiger partial charge in [-0.1, -0.05) is 18.2 Å². The van der Waals surface area contributed by atoms with Crippen LogP contribution >= 0.6 is 0 Å². The molecule has 0 atom stereocenters. The molecule has 150 valence electrons. The highest BCUT2D eigenvalue weighted by molar-refractivity contribution is 5.97. The number of anilines is 1. The summed E-state index contributed by atoms with van der Waals surface area (Å²) < 4.78 is 0. The van der Waals surface area contributed by atoms with Crippen LogP contribution in [0.2, 0.25) is 0 Å².